The molecule has 0 saturated carbocycles. The molecule has 0 aliphatic carbocycles. The second-order valence-corrected chi connectivity index (χ2v) is 12.5. The smallest absolute Gasteiger partial charge is 0.321 e. The van der Waals surface area contributed by atoms with E-state index in [4.69, 9.17) is 4.98 Å². The van der Waals surface area contributed by atoms with Gasteiger partial charge in [-0.25, -0.2) is 22.9 Å². The van der Waals surface area contributed by atoms with Crippen molar-refractivity contribution in [3.05, 3.63) is 83.7 Å². The summed E-state index contributed by atoms with van der Waals surface area (Å²) < 4.78 is 27.6. The van der Waals surface area contributed by atoms with Gasteiger partial charge in [-0.3, -0.25) is 9.69 Å². The fraction of sp³-hybridized carbons (Fsp3) is 0.364. The molecule has 9 nitrogen and oxygen atoms in total. The van der Waals surface area contributed by atoms with E-state index in [0.717, 1.165) is 78.5 Å². The molecule has 2 N–H and O–H groups in total. The summed E-state index contributed by atoms with van der Waals surface area (Å²) in [5, 5.41) is 2.76. The number of nitrogens with zero attached hydrogens (tertiary/aromatic N) is 3. The van der Waals surface area contributed by atoms with E-state index in [1.807, 2.05) is 48.5 Å². The van der Waals surface area contributed by atoms with Crippen molar-refractivity contribution in [3.8, 4) is 11.1 Å². The van der Waals surface area contributed by atoms with Crippen LogP contribution in [0.4, 0.5) is 10.5 Å². The quantitative estimate of drug-likeness (QED) is 0.179. The maximum absolute atomic E-state index is 12.7. The topological polar surface area (TPSA) is 113 Å². The van der Waals surface area contributed by atoms with Gasteiger partial charge in [0, 0.05) is 37.8 Å². The molecule has 0 fully saturated rings. The molecule has 43 heavy (non-hydrogen) atoms. The molecule has 228 valence electrons. The van der Waals surface area contributed by atoms with E-state index in [1.54, 1.807) is 30.1 Å². The van der Waals surface area contributed by atoms with Crippen LogP contribution >= 0.6 is 0 Å². The number of hydrogen-bond acceptors (Lipinski definition) is 5. The van der Waals surface area contributed by atoms with Crippen LogP contribution < -0.4 is 14.9 Å². The van der Waals surface area contributed by atoms with Crippen molar-refractivity contribution in [1.82, 2.24) is 19.6 Å². The summed E-state index contributed by atoms with van der Waals surface area (Å²) in [4.78, 5) is 32.1. The highest BCUT2D eigenvalue weighted by Crippen LogP contribution is 2.28. The molecule has 0 aliphatic rings. The number of aryl methyl sites for hydroxylation is 1. The van der Waals surface area contributed by atoms with Crippen LogP contribution in [-0.2, 0) is 23.0 Å². The van der Waals surface area contributed by atoms with Gasteiger partial charge in [0.1, 0.15) is 5.82 Å². The van der Waals surface area contributed by atoms with Gasteiger partial charge in [0.15, 0.2) is 0 Å². The first-order valence-corrected chi connectivity index (χ1v) is 16.7. The maximum Gasteiger partial charge on any atom is 0.321 e. The molecule has 1 aromatic heterocycles. The molecule has 0 unspecified atom stereocenters. The van der Waals surface area contributed by atoms with Crippen LogP contribution in [0.15, 0.2) is 66.7 Å². The van der Waals surface area contributed by atoms with E-state index in [2.05, 4.69) is 28.5 Å². The lowest BCUT2D eigenvalue weighted by Crippen LogP contribution is -2.38. The number of carbonyl (C=O) groups excluding carboxylic acids is 2. The van der Waals surface area contributed by atoms with Gasteiger partial charge in [-0.05, 0) is 53.8 Å². The second kappa shape index (κ2) is 14.3. The fourth-order valence-corrected chi connectivity index (χ4v) is 5.62. The van der Waals surface area contributed by atoms with Crippen molar-refractivity contribution in [1.29, 1.82) is 0 Å². The van der Waals surface area contributed by atoms with Gasteiger partial charge in [-0.1, -0.05) is 75.6 Å². The van der Waals surface area contributed by atoms with Gasteiger partial charge in [-0.2, -0.15) is 0 Å². The Morgan fingerprint density at radius 2 is 1.65 bits per heavy atom. The van der Waals surface area contributed by atoms with Gasteiger partial charge < -0.3 is 9.88 Å². The van der Waals surface area contributed by atoms with Crippen LogP contribution in [0.5, 0.6) is 0 Å². The van der Waals surface area contributed by atoms with Crippen LogP contribution in [-0.4, -0.2) is 49.8 Å². The van der Waals surface area contributed by atoms with Crippen LogP contribution in [0.3, 0.4) is 0 Å². The van der Waals surface area contributed by atoms with Gasteiger partial charge in [0.25, 0.3) is 5.91 Å². The molecule has 1 heterocycles. The zero-order valence-corrected chi connectivity index (χ0v) is 26.2. The summed E-state index contributed by atoms with van der Waals surface area (Å²) in [6.45, 7) is 5.57. The lowest BCUT2D eigenvalue weighted by atomic mass is 9.98. The molecule has 0 aliphatic heterocycles. The molecular formula is C33H41N5O4S. The Morgan fingerprint density at radius 3 is 2.33 bits per heavy atom. The minimum Gasteiger partial charge on any atom is -0.341 e. The zero-order valence-electron chi connectivity index (χ0n) is 25.4. The average Bonchev–Trinajstić information content (AvgIpc) is 3.33. The summed E-state index contributed by atoms with van der Waals surface area (Å²) in [5.74, 6) is 0.339. The molecule has 0 bridgehead atoms. The van der Waals surface area contributed by atoms with Gasteiger partial charge in [0.2, 0.25) is 10.0 Å². The van der Waals surface area contributed by atoms with Crippen molar-refractivity contribution in [2.45, 2.75) is 58.9 Å². The summed E-state index contributed by atoms with van der Waals surface area (Å²) in [6, 6.07) is 20.8. The second-order valence-electron chi connectivity index (χ2n) is 10.8. The Labute approximate surface area is 254 Å². The van der Waals surface area contributed by atoms with Crippen molar-refractivity contribution >= 4 is 38.7 Å². The van der Waals surface area contributed by atoms with Crippen molar-refractivity contribution < 1.29 is 18.0 Å². The van der Waals surface area contributed by atoms with E-state index in [1.165, 1.54) is 0 Å². The highest BCUT2D eigenvalue weighted by Gasteiger charge is 2.19. The minimum absolute atomic E-state index is 0.128. The van der Waals surface area contributed by atoms with Gasteiger partial charge in [0.05, 0.1) is 17.3 Å². The number of imidazole rings is 1. The number of nitrogens with one attached hydrogen (secondary N) is 2. The van der Waals surface area contributed by atoms with Crippen LogP contribution in [0, 0.1) is 0 Å². The van der Waals surface area contributed by atoms with Crippen molar-refractivity contribution in [3.63, 3.8) is 0 Å². The maximum atomic E-state index is 12.7. The number of anilines is 1. The average molecular weight is 604 g/mol. The molecule has 0 radical (unpaired) electrons. The normalized spacial score (nSPS) is 11.4. The standard InChI is InChI=1S/C33H41N5O4S/c1-5-7-11-21-37(33(40)34-3)26-19-20-30-29(22-26)35-31(14-8-6-2)38(30)23-24-15-17-25(18-16-24)27-12-9-10-13-28(27)32(39)36-43(4,41)42/h9-10,12-13,15-20,22H,5-8,11,14,21,23H2,1-4H3,(H,34,40)(H,36,39). The summed E-state index contributed by atoms with van der Waals surface area (Å²) in [6.07, 6.45) is 6.95. The number of amides is 3. The third kappa shape index (κ3) is 8.01. The van der Waals surface area contributed by atoms with E-state index in [0.29, 0.717) is 24.2 Å². The largest absolute Gasteiger partial charge is 0.341 e. The lowest BCUT2D eigenvalue weighted by molar-refractivity contribution is 0.0982. The summed E-state index contributed by atoms with van der Waals surface area (Å²) >= 11 is 0. The number of carbonyl (C=O) groups is 2. The summed E-state index contributed by atoms with van der Waals surface area (Å²) in [7, 11) is -2.03. The van der Waals surface area contributed by atoms with E-state index in [-0.39, 0.29) is 6.03 Å². The van der Waals surface area contributed by atoms with Crippen LogP contribution in [0.25, 0.3) is 22.2 Å². The predicted molar refractivity (Wildman–Crippen MR) is 173 cm³/mol. The van der Waals surface area contributed by atoms with Gasteiger partial charge >= 0.3 is 6.03 Å². The van der Waals surface area contributed by atoms with Crippen molar-refractivity contribution in [2.24, 2.45) is 0 Å². The zero-order chi connectivity index (χ0) is 31.0. The first kappa shape index (κ1) is 31.7. The highest BCUT2D eigenvalue weighted by atomic mass is 32.2. The molecular weight excluding hydrogens is 562 g/mol. The summed E-state index contributed by atoms with van der Waals surface area (Å²) in [5.41, 5.74) is 5.51. The Kier molecular flexibility index (Phi) is 10.6. The Bertz CT molecular complexity index is 1680. The third-order valence-electron chi connectivity index (χ3n) is 7.38. The molecule has 10 heteroatoms. The lowest BCUT2D eigenvalue weighted by Gasteiger charge is -2.22. The number of unbranched alkanes of at least 4 members (excludes halogenated alkanes) is 3. The first-order chi connectivity index (χ1) is 20.6. The minimum atomic E-state index is -3.68. The number of sulfonamides is 1. The molecule has 3 amide bonds. The van der Waals surface area contributed by atoms with Crippen LogP contribution in [0.1, 0.15) is 67.7 Å². The number of aromatic nitrogens is 2. The Morgan fingerprint density at radius 1 is 0.930 bits per heavy atom. The number of hydrogen-bond donors (Lipinski definition) is 2. The van der Waals surface area contributed by atoms with Crippen LogP contribution in [0.2, 0.25) is 0 Å². The van der Waals surface area contributed by atoms with Crippen molar-refractivity contribution in [2.75, 3.05) is 24.7 Å². The number of urea groups is 1. The molecule has 0 saturated heterocycles. The number of rotatable bonds is 13. The Balaban J connectivity index is 1.64. The van der Waals surface area contributed by atoms with Gasteiger partial charge in [-0.15, -0.1) is 0 Å². The predicted octanol–water partition coefficient (Wildman–Crippen LogP) is 6.12. The fourth-order valence-electron chi connectivity index (χ4n) is 5.17. The molecule has 4 rings (SSSR count). The van der Waals surface area contributed by atoms with E-state index in [9.17, 15) is 18.0 Å². The third-order valence-corrected chi connectivity index (χ3v) is 7.93. The molecule has 0 spiro atoms. The van der Waals surface area contributed by atoms with E-state index < -0.39 is 15.9 Å². The number of fused-ring (bicyclic) bond motifs is 1. The molecule has 0 atom stereocenters. The SMILES string of the molecule is CCCCCN(C(=O)NC)c1ccc2c(c1)nc(CCCC)n2Cc1ccc(-c2ccccc2C(=O)NS(C)(=O)=O)cc1. The molecule has 3 aromatic carbocycles. The Hall–Kier alpha value is -4.18. The monoisotopic (exact) mass is 603 g/mol. The number of benzene rings is 3. The van der Waals surface area contributed by atoms with E-state index >= 15 is 0 Å². The first-order valence-electron chi connectivity index (χ1n) is 14.8. The highest BCUT2D eigenvalue weighted by molar-refractivity contribution is 7.89. The molecule has 4 aromatic rings.